The molecule has 7 aromatic rings. The molecule has 6 heteroatoms. The van der Waals surface area contributed by atoms with Crippen molar-refractivity contribution in [3.8, 4) is 34.1 Å². The number of unbranched alkanes of at least 4 members (excludes halogenated alkanes) is 3. The van der Waals surface area contributed by atoms with Crippen LogP contribution in [0.3, 0.4) is 0 Å². The Bertz CT molecular complexity index is 2250. The van der Waals surface area contributed by atoms with Crippen LogP contribution in [0.5, 0.6) is 11.5 Å². The van der Waals surface area contributed by atoms with Crippen molar-refractivity contribution in [3.05, 3.63) is 132 Å². The fraction of sp³-hybridized carbons (Fsp3) is 0.289. The number of aromatic nitrogens is 4. The average molecular weight is 765 g/mol. The van der Waals surface area contributed by atoms with E-state index in [2.05, 4.69) is 123 Å². The van der Waals surface area contributed by atoms with Gasteiger partial charge in [0.15, 0.2) is 0 Å². The summed E-state index contributed by atoms with van der Waals surface area (Å²) in [7, 11) is 0. The maximum atomic E-state index is 6.53. The molecule has 0 amide bonds. The standard InChI is InChI=1S/C45H46N4O.Pd/c1-6-8-9-10-19-41-44(34-22-20-33(14-7-2)21-23-34)45(31(3)4)47-49(41)35-15-13-16-36(29-35)50-37-24-25-39-38-17-11-12-18-40(38)48(42(39)30-37)43-28-32(5)26-27-46-43;/h11-13,15-18,20-28,31H,6-10,14,19H2,1-5H3;/q-2;+2. The number of hydrogen-bond acceptors (Lipinski definition) is 3. The minimum absolute atomic E-state index is 0. The molecule has 0 aliphatic heterocycles. The van der Waals surface area contributed by atoms with E-state index in [1.54, 1.807) is 0 Å². The molecule has 0 saturated heterocycles. The number of nitrogens with zero attached hydrogens (tertiary/aromatic N) is 4. The number of para-hydroxylation sites is 1. The first kappa shape index (κ1) is 36.3. The van der Waals surface area contributed by atoms with Crippen LogP contribution in [0.1, 0.15) is 88.2 Å². The van der Waals surface area contributed by atoms with Crippen LogP contribution in [0, 0.1) is 19.1 Å². The van der Waals surface area contributed by atoms with Gasteiger partial charge in [-0.05, 0) is 78.1 Å². The third-order valence-electron chi connectivity index (χ3n) is 9.49. The normalized spacial score (nSPS) is 11.4. The molecule has 0 bridgehead atoms. The van der Waals surface area contributed by atoms with E-state index in [0.29, 0.717) is 11.5 Å². The first-order valence-corrected chi connectivity index (χ1v) is 18.2. The quantitative estimate of drug-likeness (QED) is 0.0667. The first-order valence-electron chi connectivity index (χ1n) is 18.2. The number of rotatable bonds is 13. The summed E-state index contributed by atoms with van der Waals surface area (Å²) in [5.41, 5.74) is 10.3. The van der Waals surface area contributed by atoms with Crippen LogP contribution < -0.4 is 4.74 Å². The van der Waals surface area contributed by atoms with Gasteiger partial charge in [0.1, 0.15) is 5.82 Å². The average Bonchev–Trinajstić information content (AvgIpc) is 3.67. The molecule has 0 fully saturated rings. The van der Waals surface area contributed by atoms with Gasteiger partial charge >= 0.3 is 20.4 Å². The van der Waals surface area contributed by atoms with E-state index in [0.717, 1.165) is 70.3 Å². The Hall–Kier alpha value is -4.50. The summed E-state index contributed by atoms with van der Waals surface area (Å²) in [5, 5.41) is 7.55. The van der Waals surface area contributed by atoms with Crippen molar-refractivity contribution in [2.24, 2.45) is 0 Å². The van der Waals surface area contributed by atoms with Crippen molar-refractivity contribution in [1.82, 2.24) is 19.3 Å². The molecule has 0 atom stereocenters. The monoisotopic (exact) mass is 764 g/mol. The number of fused-ring (bicyclic) bond motifs is 3. The van der Waals surface area contributed by atoms with Gasteiger partial charge in [0, 0.05) is 34.5 Å². The Morgan fingerprint density at radius 3 is 2.33 bits per heavy atom. The van der Waals surface area contributed by atoms with Crippen LogP contribution in [0.25, 0.3) is 44.4 Å². The third-order valence-corrected chi connectivity index (χ3v) is 9.49. The van der Waals surface area contributed by atoms with Gasteiger partial charge in [-0.3, -0.25) is 4.68 Å². The van der Waals surface area contributed by atoms with Crippen molar-refractivity contribution in [2.45, 2.75) is 85.5 Å². The number of pyridine rings is 1. The Balaban J connectivity index is 0.00000448. The van der Waals surface area contributed by atoms with Gasteiger partial charge in [0.2, 0.25) is 0 Å². The molecule has 4 aromatic carbocycles. The molecular formula is C45H46N4OPd. The Morgan fingerprint density at radius 1 is 0.765 bits per heavy atom. The predicted molar refractivity (Wildman–Crippen MR) is 206 cm³/mol. The van der Waals surface area contributed by atoms with Gasteiger partial charge in [-0.2, -0.15) is 17.2 Å². The minimum Gasteiger partial charge on any atom is -0.509 e. The van der Waals surface area contributed by atoms with E-state index < -0.39 is 0 Å². The van der Waals surface area contributed by atoms with E-state index in [-0.39, 0.29) is 26.3 Å². The molecule has 0 unspecified atom stereocenters. The van der Waals surface area contributed by atoms with E-state index in [1.807, 2.05) is 30.5 Å². The summed E-state index contributed by atoms with van der Waals surface area (Å²) in [6.07, 6.45) is 9.81. The van der Waals surface area contributed by atoms with E-state index in [9.17, 15) is 0 Å². The molecule has 51 heavy (non-hydrogen) atoms. The Kier molecular flexibility index (Phi) is 11.6. The molecule has 0 N–H and O–H groups in total. The SMILES string of the molecule is CCCCCCc1c(-c2ccc(CCC)cc2)c(C(C)C)nn1-c1[c-]c(Oc2[c-]c3c(cc2)c2ccccc2n3-c2cc(C)ccn2)ccc1.[Pd+2]. The summed E-state index contributed by atoms with van der Waals surface area (Å²) in [4.78, 5) is 4.72. The molecule has 0 spiro atoms. The molecule has 3 heterocycles. The number of benzene rings is 4. The van der Waals surface area contributed by atoms with Crippen molar-refractivity contribution >= 4 is 21.8 Å². The zero-order chi connectivity index (χ0) is 34.6. The van der Waals surface area contributed by atoms with Gasteiger partial charge in [0.25, 0.3) is 0 Å². The molecule has 0 aliphatic carbocycles. The Labute approximate surface area is 316 Å². The van der Waals surface area contributed by atoms with Crippen LogP contribution >= 0.6 is 0 Å². The van der Waals surface area contributed by atoms with Crippen LogP contribution in [0.15, 0.2) is 97.2 Å². The number of ether oxygens (including phenoxy) is 1. The van der Waals surface area contributed by atoms with Crippen molar-refractivity contribution in [2.75, 3.05) is 0 Å². The fourth-order valence-electron chi connectivity index (χ4n) is 7.02. The topological polar surface area (TPSA) is 44.9 Å². The smallest absolute Gasteiger partial charge is 0.509 e. The molecule has 0 aliphatic rings. The number of aryl methyl sites for hydroxylation is 2. The molecule has 0 radical (unpaired) electrons. The second-order valence-corrected chi connectivity index (χ2v) is 13.7. The van der Waals surface area contributed by atoms with Crippen molar-refractivity contribution in [1.29, 1.82) is 0 Å². The summed E-state index contributed by atoms with van der Waals surface area (Å²) in [6.45, 7) is 11.1. The van der Waals surface area contributed by atoms with E-state index in [4.69, 9.17) is 14.8 Å². The van der Waals surface area contributed by atoms with Crippen LogP contribution in [-0.4, -0.2) is 19.3 Å². The molecule has 7 rings (SSSR count). The van der Waals surface area contributed by atoms with Crippen molar-refractivity contribution < 1.29 is 25.2 Å². The molecule has 0 saturated carbocycles. The van der Waals surface area contributed by atoms with Crippen LogP contribution in [0.2, 0.25) is 0 Å². The van der Waals surface area contributed by atoms with E-state index >= 15 is 0 Å². The van der Waals surface area contributed by atoms with E-state index in [1.165, 1.54) is 41.6 Å². The first-order chi connectivity index (χ1) is 24.4. The zero-order valence-electron chi connectivity index (χ0n) is 30.3. The summed E-state index contributed by atoms with van der Waals surface area (Å²) in [6, 6.07) is 39.0. The zero-order valence-corrected chi connectivity index (χ0v) is 31.8. The maximum absolute atomic E-state index is 6.53. The second-order valence-electron chi connectivity index (χ2n) is 13.7. The van der Waals surface area contributed by atoms with Crippen molar-refractivity contribution in [3.63, 3.8) is 0 Å². The molecule has 3 aromatic heterocycles. The Morgan fingerprint density at radius 2 is 1.57 bits per heavy atom. The van der Waals surface area contributed by atoms with Gasteiger partial charge in [-0.25, -0.2) is 4.98 Å². The third kappa shape index (κ3) is 7.59. The largest absolute Gasteiger partial charge is 2.00 e. The van der Waals surface area contributed by atoms with Crippen LogP contribution in [-0.2, 0) is 33.3 Å². The van der Waals surface area contributed by atoms with Gasteiger partial charge in [-0.15, -0.1) is 35.7 Å². The fourth-order valence-corrected chi connectivity index (χ4v) is 7.02. The minimum atomic E-state index is 0. The number of hydrogen-bond donors (Lipinski definition) is 0. The van der Waals surface area contributed by atoms with Gasteiger partial charge in [0.05, 0.1) is 5.69 Å². The second kappa shape index (κ2) is 16.2. The van der Waals surface area contributed by atoms with Crippen LogP contribution in [0.4, 0.5) is 0 Å². The molecular weight excluding hydrogens is 719 g/mol. The summed E-state index contributed by atoms with van der Waals surface area (Å²) >= 11 is 0. The molecule has 5 nitrogen and oxygen atoms in total. The molecule has 262 valence electrons. The predicted octanol–water partition coefficient (Wildman–Crippen LogP) is 11.9. The maximum Gasteiger partial charge on any atom is 2.00 e. The summed E-state index contributed by atoms with van der Waals surface area (Å²) < 4.78 is 10.8. The summed E-state index contributed by atoms with van der Waals surface area (Å²) in [5.74, 6) is 2.38. The van der Waals surface area contributed by atoms with Gasteiger partial charge < -0.3 is 9.30 Å². The van der Waals surface area contributed by atoms with Gasteiger partial charge in [-0.1, -0.05) is 101 Å².